The minimum atomic E-state index is -0.303. The molecule has 0 saturated carbocycles. The van der Waals surface area contributed by atoms with Gasteiger partial charge in [-0.2, -0.15) is 0 Å². The van der Waals surface area contributed by atoms with Gasteiger partial charge >= 0.3 is 0 Å². The molecule has 2 aromatic carbocycles. The molecule has 120 valence electrons. The van der Waals surface area contributed by atoms with Gasteiger partial charge in [-0.05, 0) is 30.3 Å². The smallest absolute Gasteiger partial charge is 0.291 e. The van der Waals surface area contributed by atoms with E-state index in [2.05, 4.69) is 5.32 Å². The van der Waals surface area contributed by atoms with E-state index in [1.165, 1.54) is 18.0 Å². The topological polar surface area (TPSA) is 59.3 Å². The van der Waals surface area contributed by atoms with Gasteiger partial charge < -0.3 is 9.73 Å². The summed E-state index contributed by atoms with van der Waals surface area (Å²) in [4.78, 5) is 25.0. The molecule has 0 aliphatic rings. The normalized spacial score (nSPS) is 10.3. The number of rotatable bonds is 6. The van der Waals surface area contributed by atoms with Crippen molar-refractivity contribution < 1.29 is 14.0 Å². The van der Waals surface area contributed by atoms with Gasteiger partial charge in [-0.3, -0.25) is 9.59 Å². The van der Waals surface area contributed by atoms with Crippen molar-refractivity contribution in [3.8, 4) is 0 Å². The summed E-state index contributed by atoms with van der Waals surface area (Å²) in [5, 5.41) is 2.77. The Balaban J connectivity index is 1.61. The number of amides is 1. The molecule has 0 aliphatic carbocycles. The summed E-state index contributed by atoms with van der Waals surface area (Å²) in [5.74, 6) is 0.375. The Labute approximate surface area is 143 Å². The first-order valence-corrected chi connectivity index (χ1v) is 8.37. The number of benzene rings is 2. The minimum absolute atomic E-state index is 0.0747. The highest BCUT2D eigenvalue weighted by Gasteiger charge is 2.10. The highest BCUT2D eigenvalue weighted by molar-refractivity contribution is 8.00. The Morgan fingerprint density at radius 1 is 0.958 bits per heavy atom. The van der Waals surface area contributed by atoms with Crippen LogP contribution in [0.25, 0.3) is 0 Å². The van der Waals surface area contributed by atoms with E-state index in [-0.39, 0.29) is 17.5 Å². The molecular formula is C19H15NO3S. The lowest BCUT2D eigenvalue weighted by molar-refractivity contribution is 0.0994. The molecule has 5 heteroatoms. The summed E-state index contributed by atoms with van der Waals surface area (Å²) in [7, 11) is 0. The van der Waals surface area contributed by atoms with Gasteiger partial charge in [0.05, 0.1) is 12.0 Å². The van der Waals surface area contributed by atoms with E-state index in [1.54, 1.807) is 18.2 Å². The molecule has 4 nitrogen and oxygen atoms in total. The summed E-state index contributed by atoms with van der Waals surface area (Å²) < 4.78 is 5.06. The van der Waals surface area contributed by atoms with E-state index < -0.39 is 0 Å². The van der Waals surface area contributed by atoms with Crippen molar-refractivity contribution in [1.29, 1.82) is 0 Å². The largest absolute Gasteiger partial charge is 0.459 e. The Hall–Kier alpha value is -2.79. The molecule has 0 spiro atoms. The van der Waals surface area contributed by atoms with Crippen LogP contribution in [0.15, 0.2) is 82.3 Å². The molecule has 1 heterocycles. The van der Waals surface area contributed by atoms with Gasteiger partial charge in [0.25, 0.3) is 5.91 Å². The third-order valence-corrected chi connectivity index (χ3v) is 4.30. The molecule has 1 N–H and O–H groups in total. The molecule has 0 fully saturated rings. The molecule has 0 unspecified atom stereocenters. The van der Waals surface area contributed by atoms with E-state index in [0.29, 0.717) is 17.0 Å². The lowest BCUT2D eigenvalue weighted by Gasteiger charge is -2.06. The van der Waals surface area contributed by atoms with Crippen LogP contribution in [-0.2, 0) is 0 Å². The molecule has 0 saturated heterocycles. The van der Waals surface area contributed by atoms with Crippen molar-refractivity contribution in [2.45, 2.75) is 4.90 Å². The van der Waals surface area contributed by atoms with Gasteiger partial charge in [-0.1, -0.05) is 36.4 Å². The number of carbonyl (C=O) groups is 2. The zero-order chi connectivity index (χ0) is 16.8. The van der Waals surface area contributed by atoms with Crippen LogP contribution in [0.1, 0.15) is 20.9 Å². The van der Waals surface area contributed by atoms with E-state index in [0.717, 1.165) is 4.90 Å². The summed E-state index contributed by atoms with van der Waals surface area (Å²) in [5.41, 5.74) is 1.36. The first kappa shape index (κ1) is 16.1. The first-order chi connectivity index (χ1) is 11.7. The number of hydrogen-bond donors (Lipinski definition) is 1. The van der Waals surface area contributed by atoms with Crippen molar-refractivity contribution in [2.75, 3.05) is 11.1 Å². The van der Waals surface area contributed by atoms with Crippen LogP contribution in [0.5, 0.6) is 0 Å². The fraction of sp³-hybridized carbons (Fsp3) is 0.0526. The lowest BCUT2D eigenvalue weighted by Crippen LogP contribution is -2.10. The third-order valence-electron chi connectivity index (χ3n) is 3.30. The highest BCUT2D eigenvalue weighted by Crippen LogP contribution is 2.23. The summed E-state index contributed by atoms with van der Waals surface area (Å²) >= 11 is 1.44. The SMILES string of the molecule is O=C(CSc1cccc(NC(=O)c2ccco2)c1)c1ccccc1. The van der Waals surface area contributed by atoms with Crippen LogP contribution in [0.4, 0.5) is 5.69 Å². The monoisotopic (exact) mass is 337 g/mol. The van der Waals surface area contributed by atoms with Crippen molar-refractivity contribution in [2.24, 2.45) is 0 Å². The fourth-order valence-electron chi connectivity index (χ4n) is 2.12. The number of furan rings is 1. The average Bonchev–Trinajstić information content (AvgIpc) is 3.15. The van der Waals surface area contributed by atoms with Gasteiger partial charge in [0.2, 0.25) is 0 Å². The Bertz CT molecular complexity index is 829. The molecule has 0 radical (unpaired) electrons. The van der Waals surface area contributed by atoms with Crippen LogP contribution < -0.4 is 5.32 Å². The van der Waals surface area contributed by atoms with Crippen molar-refractivity contribution in [3.05, 3.63) is 84.3 Å². The fourth-order valence-corrected chi connectivity index (χ4v) is 2.97. The van der Waals surface area contributed by atoms with Gasteiger partial charge in [-0.25, -0.2) is 0 Å². The molecule has 0 aliphatic heterocycles. The van der Waals surface area contributed by atoms with Crippen LogP contribution in [0.3, 0.4) is 0 Å². The molecule has 3 rings (SSSR count). The molecule has 1 amide bonds. The Kier molecular flexibility index (Phi) is 5.13. The van der Waals surface area contributed by atoms with Crippen LogP contribution in [0.2, 0.25) is 0 Å². The molecular weight excluding hydrogens is 322 g/mol. The standard InChI is InChI=1S/C19H15NO3S/c21-17(14-6-2-1-3-7-14)13-24-16-9-4-8-15(12-16)20-19(22)18-10-5-11-23-18/h1-12H,13H2,(H,20,22). The van der Waals surface area contributed by atoms with Crippen molar-refractivity contribution in [3.63, 3.8) is 0 Å². The van der Waals surface area contributed by atoms with E-state index in [9.17, 15) is 9.59 Å². The summed E-state index contributed by atoms with van der Waals surface area (Å²) in [6, 6.07) is 19.8. The van der Waals surface area contributed by atoms with Crippen molar-refractivity contribution >= 4 is 29.1 Å². The maximum Gasteiger partial charge on any atom is 0.291 e. The van der Waals surface area contributed by atoms with Crippen LogP contribution in [0, 0.1) is 0 Å². The maximum absolute atomic E-state index is 12.1. The molecule has 3 aromatic rings. The third kappa shape index (κ3) is 4.14. The number of hydrogen-bond acceptors (Lipinski definition) is 4. The van der Waals surface area contributed by atoms with Gasteiger partial charge in [0.1, 0.15) is 0 Å². The second kappa shape index (κ2) is 7.66. The number of anilines is 1. The molecule has 0 bridgehead atoms. The number of carbonyl (C=O) groups excluding carboxylic acids is 2. The Morgan fingerprint density at radius 2 is 1.79 bits per heavy atom. The van der Waals surface area contributed by atoms with E-state index in [1.807, 2.05) is 48.5 Å². The number of Topliss-reactive ketones (excluding diaryl/α,β-unsaturated/α-hetero) is 1. The molecule has 24 heavy (non-hydrogen) atoms. The predicted octanol–water partition coefficient (Wildman–Crippen LogP) is 4.51. The number of nitrogens with one attached hydrogen (secondary N) is 1. The van der Waals surface area contributed by atoms with Crippen LogP contribution >= 0.6 is 11.8 Å². The lowest BCUT2D eigenvalue weighted by atomic mass is 10.2. The predicted molar refractivity (Wildman–Crippen MR) is 94.6 cm³/mol. The average molecular weight is 337 g/mol. The molecule has 1 aromatic heterocycles. The molecule has 0 atom stereocenters. The Morgan fingerprint density at radius 3 is 2.54 bits per heavy atom. The second-order valence-electron chi connectivity index (χ2n) is 5.04. The zero-order valence-electron chi connectivity index (χ0n) is 12.8. The minimum Gasteiger partial charge on any atom is -0.459 e. The van der Waals surface area contributed by atoms with Gasteiger partial charge in [0.15, 0.2) is 11.5 Å². The quantitative estimate of drug-likeness (QED) is 0.531. The number of ketones is 1. The highest BCUT2D eigenvalue weighted by atomic mass is 32.2. The number of thioether (sulfide) groups is 1. The summed E-state index contributed by atoms with van der Waals surface area (Å²) in [6.07, 6.45) is 1.45. The second-order valence-corrected chi connectivity index (χ2v) is 6.09. The van der Waals surface area contributed by atoms with Gasteiger partial charge in [-0.15, -0.1) is 11.8 Å². The first-order valence-electron chi connectivity index (χ1n) is 7.38. The summed E-state index contributed by atoms with van der Waals surface area (Å²) in [6.45, 7) is 0. The van der Waals surface area contributed by atoms with Gasteiger partial charge in [0, 0.05) is 16.1 Å². The van der Waals surface area contributed by atoms with E-state index in [4.69, 9.17) is 4.42 Å². The maximum atomic E-state index is 12.1. The van der Waals surface area contributed by atoms with Crippen molar-refractivity contribution in [1.82, 2.24) is 0 Å². The zero-order valence-corrected chi connectivity index (χ0v) is 13.6. The van der Waals surface area contributed by atoms with E-state index >= 15 is 0 Å². The van der Waals surface area contributed by atoms with Crippen LogP contribution in [-0.4, -0.2) is 17.4 Å².